The Hall–Kier alpha value is -2.21. The van der Waals surface area contributed by atoms with Gasteiger partial charge in [0.1, 0.15) is 0 Å². The van der Waals surface area contributed by atoms with Crippen LogP contribution in [0.25, 0.3) is 11.3 Å². The summed E-state index contributed by atoms with van der Waals surface area (Å²) in [5, 5.41) is 8.14. The van der Waals surface area contributed by atoms with Crippen LogP contribution < -0.4 is 0 Å². The molecule has 26 heavy (non-hydrogen) atoms. The standard InChI is InChI=1S/C20H22ClN5/c21-19-5-3-17(4-6-19)20-18(13-23-24-20)15-26-10-8-25(9-11-26)14-16-2-1-7-22-12-16/h1-7,12-13H,8-11,14-15H2,(H,23,24). The number of aromatic nitrogens is 3. The van der Waals surface area contributed by atoms with Crippen molar-refractivity contribution in [2.24, 2.45) is 0 Å². The zero-order chi connectivity index (χ0) is 17.8. The van der Waals surface area contributed by atoms with Crippen LogP contribution >= 0.6 is 11.6 Å². The fourth-order valence-corrected chi connectivity index (χ4v) is 3.52. The van der Waals surface area contributed by atoms with Crippen LogP contribution in [0, 0.1) is 0 Å². The van der Waals surface area contributed by atoms with Crippen LogP contribution in [-0.2, 0) is 13.1 Å². The minimum atomic E-state index is 0.750. The SMILES string of the molecule is Clc1ccc(-c2[nH]ncc2CN2CCN(Cc3cccnc3)CC2)cc1. The number of benzene rings is 1. The molecule has 0 amide bonds. The molecule has 0 atom stereocenters. The number of piperazine rings is 1. The summed E-state index contributed by atoms with van der Waals surface area (Å²) in [6, 6.07) is 12.0. The molecule has 3 heterocycles. The maximum Gasteiger partial charge on any atom is 0.0695 e. The van der Waals surface area contributed by atoms with E-state index in [0.29, 0.717) is 0 Å². The lowest BCUT2D eigenvalue weighted by atomic mass is 10.1. The van der Waals surface area contributed by atoms with Gasteiger partial charge in [-0.1, -0.05) is 29.8 Å². The van der Waals surface area contributed by atoms with Crippen molar-refractivity contribution in [2.45, 2.75) is 13.1 Å². The molecule has 134 valence electrons. The molecule has 4 rings (SSSR count). The Balaban J connectivity index is 1.35. The first-order valence-electron chi connectivity index (χ1n) is 8.90. The molecule has 5 nitrogen and oxygen atoms in total. The van der Waals surface area contributed by atoms with E-state index in [1.165, 1.54) is 11.1 Å². The number of pyridine rings is 1. The molecular formula is C20H22ClN5. The number of halogens is 1. The third kappa shape index (κ3) is 4.12. The minimum Gasteiger partial charge on any atom is -0.296 e. The van der Waals surface area contributed by atoms with Gasteiger partial charge in [0, 0.05) is 62.2 Å². The highest BCUT2D eigenvalue weighted by atomic mass is 35.5. The van der Waals surface area contributed by atoms with E-state index < -0.39 is 0 Å². The Morgan fingerprint density at radius 3 is 2.35 bits per heavy atom. The maximum absolute atomic E-state index is 6.00. The molecule has 0 bridgehead atoms. The van der Waals surface area contributed by atoms with Crippen molar-refractivity contribution in [3.05, 3.63) is 71.1 Å². The molecule has 0 unspecified atom stereocenters. The highest BCUT2D eigenvalue weighted by Gasteiger charge is 2.19. The van der Waals surface area contributed by atoms with Gasteiger partial charge >= 0.3 is 0 Å². The molecule has 1 aliphatic heterocycles. The Labute approximate surface area is 158 Å². The van der Waals surface area contributed by atoms with Crippen LogP contribution in [0.1, 0.15) is 11.1 Å². The number of rotatable bonds is 5. The van der Waals surface area contributed by atoms with E-state index in [9.17, 15) is 0 Å². The molecule has 1 saturated heterocycles. The zero-order valence-corrected chi connectivity index (χ0v) is 15.4. The van der Waals surface area contributed by atoms with Crippen molar-refractivity contribution in [1.29, 1.82) is 0 Å². The third-order valence-corrected chi connectivity index (χ3v) is 5.09. The largest absolute Gasteiger partial charge is 0.296 e. The van der Waals surface area contributed by atoms with Crippen molar-refractivity contribution in [1.82, 2.24) is 25.0 Å². The van der Waals surface area contributed by atoms with Gasteiger partial charge in [-0.15, -0.1) is 0 Å². The molecule has 2 aromatic heterocycles. The lowest BCUT2D eigenvalue weighted by molar-refractivity contribution is 0.122. The number of H-pyrrole nitrogens is 1. The molecule has 1 aromatic carbocycles. The minimum absolute atomic E-state index is 0.750. The summed E-state index contributed by atoms with van der Waals surface area (Å²) >= 11 is 6.00. The van der Waals surface area contributed by atoms with E-state index in [2.05, 4.69) is 31.0 Å². The normalized spacial score (nSPS) is 16.0. The Kier molecular flexibility index (Phi) is 5.29. The highest BCUT2D eigenvalue weighted by Crippen LogP contribution is 2.24. The first-order valence-corrected chi connectivity index (χ1v) is 9.27. The van der Waals surface area contributed by atoms with Crippen LogP contribution in [0.2, 0.25) is 5.02 Å². The maximum atomic E-state index is 6.00. The fourth-order valence-electron chi connectivity index (χ4n) is 3.39. The van der Waals surface area contributed by atoms with Gasteiger partial charge in [-0.3, -0.25) is 19.9 Å². The van der Waals surface area contributed by atoms with Crippen molar-refractivity contribution < 1.29 is 0 Å². The predicted molar refractivity (Wildman–Crippen MR) is 104 cm³/mol. The van der Waals surface area contributed by atoms with E-state index in [4.69, 9.17) is 11.6 Å². The van der Waals surface area contributed by atoms with Crippen LogP contribution in [0.3, 0.4) is 0 Å². The smallest absolute Gasteiger partial charge is 0.0695 e. The zero-order valence-electron chi connectivity index (χ0n) is 14.6. The summed E-state index contributed by atoms with van der Waals surface area (Å²) in [6.07, 6.45) is 5.72. The molecule has 6 heteroatoms. The van der Waals surface area contributed by atoms with Crippen LogP contribution in [0.5, 0.6) is 0 Å². The first-order chi connectivity index (χ1) is 12.8. The molecule has 1 aliphatic rings. The quantitative estimate of drug-likeness (QED) is 0.750. The molecule has 0 spiro atoms. The van der Waals surface area contributed by atoms with Crippen molar-refractivity contribution in [2.75, 3.05) is 26.2 Å². The van der Waals surface area contributed by atoms with Crippen molar-refractivity contribution in [3.63, 3.8) is 0 Å². The van der Waals surface area contributed by atoms with Gasteiger partial charge in [0.05, 0.1) is 11.9 Å². The Morgan fingerprint density at radius 2 is 1.65 bits per heavy atom. The molecule has 1 N–H and O–H groups in total. The topological polar surface area (TPSA) is 48.1 Å². The summed E-state index contributed by atoms with van der Waals surface area (Å²) in [5.74, 6) is 0. The lowest BCUT2D eigenvalue weighted by Crippen LogP contribution is -2.45. The second-order valence-electron chi connectivity index (χ2n) is 6.69. The number of hydrogen-bond acceptors (Lipinski definition) is 4. The van der Waals surface area contributed by atoms with E-state index in [1.807, 2.05) is 48.9 Å². The van der Waals surface area contributed by atoms with Gasteiger partial charge in [-0.25, -0.2) is 0 Å². The summed E-state index contributed by atoms with van der Waals surface area (Å²) in [5.41, 5.74) is 4.71. The summed E-state index contributed by atoms with van der Waals surface area (Å²) < 4.78 is 0. The molecule has 0 aliphatic carbocycles. The number of nitrogens with zero attached hydrogens (tertiary/aromatic N) is 4. The van der Waals surface area contributed by atoms with E-state index in [0.717, 1.165) is 55.5 Å². The molecule has 1 fully saturated rings. The summed E-state index contributed by atoms with van der Waals surface area (Å²) in [4.78, 5) is 9.18. The van der Waals surface area contributed by atoms with Crippen LogP contribution in [0.4, 0.5) is 0 Å². The van der Waals surface area contributed by atoms with Crippen molar-refractivity contribution in [3.8, 4) is 11.3 Å². The van der Waals surface area contributed by atoms with Gasteiger partial charge in [0.15, 0.2) is 0 Å². The van der Waals surface area contributed by atoms with Gasteiger partial charge in [0.25, 0.3) is 0 Å². The Bertz CT molecular complexity index is 823. The highest BCUT2D eigenvalue weighted by molar-refractivity contribution is 6.30. The molecule has 0 saturated carbocycles. The van der Waals surface area contributed by atoms with Crippen LogP contribution in [-0.4, -0.2) is 51.2 Å². The average molecular weight is 368 g/mol. The number of hydrogen-bond donors (Lipinski definition) is 1. The van der Waals surface area contributed by atoms with Crippen molar-refractivity contribution >= 4 is 11.6 Å². The Morgan fingerprint density at radius 1 is 0.923 bits per heavy atom. The number of aromatic amines is 1. The fraction of sp³-hybridized carbons (Fsp3) is 0.300. The molecule has 3 aromatic rings. The first kappa shape index (κ1) is 17.2. The molecular weight excluding hydrogens is 346 g/mol. The summed E-state index contributed by atoms with van der Waals surface area (Å²) in [6.45, 7) is 6.15. The monoisotopic (exact) mass is 367 g/mol. The van der Waals surface area contributed by atoms with E-state index >= 15 is 0 Å². The predicted octanol–water partition coefficient (Wildman–Crippen LogP) is 3.44. The van der Waals surface area contributed by atoms with Gasteiger partial charge in [0.2, 0.25) is 0 Å². The lowest BCUT2D eigenvalue weighted by Gasteiger charge is -2.34. The number of nitrogens with one attached hydrogen (secondary N) is 1. The molecule has 0 radical (unpaired) electrons. The van der Waals surface area contributed by atoms with Gasteiger partial charge in [-0.2, -0.15) is 5.10 Å². The average Bonchev–Trinajstić information content (AvgIpc) is 3.13. The summed E-state index contributed by atoms with van der Waals surface area (Å²) in [7, 11) is 0. The van der Waals surface area contributed by atoms with Gasteiger partial charge in [-0.05, 0) is 29.3 Å². The van der Waals surface area contributed by atoms with Gasteiger partial charge < -0.3 is 0 Å². The third-order valence-electron chi connectivity index (χ3n) is 4.84. The van der Waals surface area contributed by atoms with E-state index in [-0.39, 0.29) is 0 Å². The van der Waals surface area contributed by atoms with Crippen LogP contribution in [0.15, 0.2) is 55.0 Å². The second kappa shape index (κ2) is 7.99. The van der Waals surface area contributed by atoms with E-state index in [1.54, 1.807) is 0 Å². The second-order valence-corrected chi connectivity index (χ2v) is 7.13.